The van der Waals surface area contributed by atoms with E-state index in [4.69, 9.17) is 4.74 Å². The fourth-order valence-electron chi connectivity index (χ4n) is 4.29. The third kappa shape index (κ3) is 5.10. The number of nitrogens with zero attached hydrogens (tertiary/aromatic N) is 3. The molecule has 2 aromatic rings. The lowest BCUT2D eigenvalue weighted by atomic mass is 9.87. The fraction of sp³-hybridized carbons (Fsp3) is 0.542. The van der Waals surface area contributed by atoms with Crippen LogP contribution in [-0.4, -0.2) is 35.0 Å². The molecular weight excluding hydrogens is 376 g/mol. The Bertz CT molecular complexity index is 839. The summed E-state index contributed by atoms with van der Waals surface area (Å²) in [6.07, 6.45) is 10.2. The van der Waals surface area contributed by atoms with Gasteiger partial charge in [0.2, 0.25) is 0 Å². The summed E-state index contributed by atoms with van der Waals surface area (Å²) in [5.41, 5.74) is 0.658. The number of ether oxygens (including phenoxy) is 1. The van der Waals surface area contributed by atoms with Crippen LogP contribution in [0.25, 0.3) is 0 Å². The van der Waals surface area contributed by atoms with Crippen molar-refractivity contribution >= 4 is 11.7 Å². The minimum atomic E-state index is -0.0104. The number of hydrogen-bond donors (Lipinski definition) is 1. The summed E-state index contributed by atoms with van der Waals surface area (Å²) in [5, 5.41) is 3.17. The van der Waals surface area contributed by atoms with Crippen LogP contribution in [0.3, 0.4) is 0 Å². The molecule has 1 amide bonds. The van der Waals surface area contributed by atoms with Gasteiger partial charge in [-0.1, -0.05) is 13.8 Å². The summed E-state index contributed by atoms with van der Waals surface area (Å²) in [7, 11) is 0. The van der Waals surface area contributed by atoms with Gasteiger partial charge in [0, 0.05) is 37.1 Å². The highest BCUT2D eigenvalue weighted by molar-refractivity contribution is 5.94. The molecular formula is C24H32N4O2. The number of rotatable bonds is 5. The number of piperidine rings is 1. The topological polar surface area (TPSA) is 67.3 Å². The Labute approximate surface area is 179 Å². The lowest BCUT2D eigenvalue weighted by Crippen LogP contribution is -2.37. The second-order valence-corrected chi connectivity index (χ2v) is 8.91. The van der Waals surface area contributed by atoms with Gasteiger partial charge in [0.15, 0.2) is 5.82 Å². The second kappa shape index (κ2) is 9.45. The molecule has 1 aromatic heterocycles. The van der Waals surface area contributed by atoms with Gasteiger partial charge in [-0.15, -0.1) is 0 Å². The number of carbonyl (C=O) groups is 1. The highest BCUT2D eigenvalue weighted by atomic mass is 16.5. The quantitative estimate of drug-likeness (QED) is 0.769. The van der Waals surface area contributed by atoms with E-state index >= 15 is 0 Å². The number of anilines is 1. The summed E-state index contributed by atoms with van der Waals surface area (Å²) < 4.78 is 6.04. The van der Waals surface area contributed by atoms with E-state index in [9.17, 15) is 4.79 Å². The van der Waals surface area contributed by atoms with Gasteiger partial charge in [0.25, 0.3) is 11.8 Å². The number of amides is 1. The first kappa shape index (κ1) is 20.6. The normalized spacial score (nSPS) is 22.5. The van der Waals surface area contributed by atoms with E-state index in [2.05, 4.69) is 34.0 Å². The van der Waals surface area contributed by atoms with Gasteiger partial charge in [-0.3, -0.25) is 4.79 Å². The van der Waals surface area contributed by atoms with Crippen molar-refractivity contribution in [2.24, 2.45) is 11.8 Å². The minimum Gasteiger partial charge on any atom is -0.436 e. The smallest absolute Gasteiger partial charge is 0.263 e. The zero-order chi connectivity index (χ0) is 20.9. The zero-order valence-electron chi connectivity index (χ0n) is 18.0. The lowest BCUT2D eigenvalue weighted by molar-refractivity contribution is 0.0923. The van der Waals surface area contributed by atoms with Crippen LogP contribution >= 0.6 is 0 Å². The molecule has 6 nitrogen and oxygen atoms in total. The Morgan fingerprint density at radius 3 is 2.27 bits per heavy atom. The van der Waals surface area contributed by atoms with Crippen molar-refractivity contribution in [1.29, 1.82) is 0 Å². The Balaban J connectivity index is 1.39. The number of hydrogen-bond acceptors (Lipinski definition) is 5. The average Bonchev–Trinajstić information content (AvgIpc) is 2.77. The monoisotopic (exact) mass is 408 g/mol. The molecule has 2 aliphatic rings. The van der Waals surface area contributed by atoms with Crippen molar-refractivity contribution in [3.63, 3.8) is 0 Å². The molecule has 0 atom stereocenters. The average molecular weight is 409 g/mol. The summed E-state index contributed by atoms with van der Waals surface area (Å²) >= 11 is 0. The van der Waals surface area contributed by atoms with Crippen molar-refractivity contribution in [2.45, 2.75) is 58.4 Å². The summed E-state index contributed by atoms with van der Waals surface area (Å²) in [6, 6.07) is 7.58. The molecule has 0 radical (unpaired) electrons. The van der Waals surface area contributed by atoms with Crippen molar-refractivity contribution in [3.8, 4) is 11.6 Å². The predicted octanol–water partition coefficient (Wildman–Crippen LogP) is 4.81. The van der Waals surface area contributed by atoms with E-state index in [0.717, 1.165) is 56.4 Å². The number of nitrogens with one attached hydrogen (secondary N) is 1. The molecule has 2 heterocycles. The van der Waals surface area contributed by atoms with Gasteiger partial charge in [-0.05, 0) is 74.6 Å². The number of benzene rings is 1. The summed E-state index contributed by atoms with van der Waals surface area (Å²) in [5.74, 6) is 3.47. The van der Waals surface area contributed by atoms with E-state index in [-0.39, 0.29) is 5.91 Å². The Morgan fingerprint density at radius 2 is 1.57 bits per heavy atom. The molecule has 1 N–H and O–H groups in total. The Hall–Kier alpha value is -2.63. The van der Waals surface area contributed by atoms with Crippen LogP contribution in [-0.2, 0) is 0 Å². The molecule has 1 saturated heterocycles. The molecule has 1 aromatic carbocycles. The van der Waals surface area contributed by atoms with Crippen molar-refractivity contribution in [3.05, 3.63) is 42.2 Å². The molecule has 0 spiro atoms. The maximum absolute atomic E-state index is 12.6. The first-order valence-electron chi connectivity index (χ1n) is 11.2. The molecule has 0 unspecified atom stereocenters. The van der Waals surface area contributed by atoms with Crippen LogP contribution in [0.15, 0.2) is 36.7 Å². The fourth-order valence-corrected chi connectivity index (χ4v) is 4.29. The molecule has 1 saturated carbocycles. The van der Waals surface area contributed by atoms with Crippen molar-refractivity contribution in [1.82, 2.24) is 15.3 Å². The molecule has 1 aliphatic heterocycles. The first-order chi connectivity index (χ1) is 14.6. The molecule has 30 heavy (non-hydrogen) atoms. The standard InChI is InChI=1S/C24H32N4O2/c1-17-3-7-20(8-4-17)27-23(29)19-5-9-21(10-6-19)30-24-22(25-13-14-26-24)28-15-11-18(2)12-16-28/h5-6,9-10,13-14,17-18,20H,3-4,7-8,11-12,15-16H2,1-2H3,(H,27,29). The van der Waals surface area contributed by atoms with E-state index < -0.39 is 0 Å². The molecule has 160 valence electrons. The maximum atomic E-state index is 12.6. The van der Waals surface area contributed by atoms with E-state index in [0.29, 0.717) is 23.2 Å². The molecule has 4 rings (SSSR count). The minimum absolute atomic E-state index is 0.0104. The predicted molar refractivity (Wildman–Crippen MR) is 118 cm³/mol. The number of carbonyl (C=O) groups excluding carboxylic acids is 1. The van der Waals surface area contributed by atoms with E-state index in [1.165, 1.54) is 12.8 Å². The van der Waals surface area contributed by atoms with Gasteiger partial charge in [0.1, 0.15) is 5.75 Å². The second-order valence-electron chi connectivity index (χ2n) is 8.91. The van der Waals surface area contributed by atoms with Gasteiger partial charge < -0.3 is 15.0 Å². The number of aromatic nitrogens is 2. The Morgan fingerprint density at radius 1 is 0.933 bits per heavy atom. The summed E-state index contributed by atoms with van der Waals surface area (Å²) in [4.78, 5) is 23.7. The van der Waals surface area contributed by atoms with Gasteiger partial charge in [0.05, 0.1) is 0 Å². The molecule has 1 aliphatic carbocycles. The van der Waals surface area contributed by atoms with Crippen LogP contribution in [0.5, 0.6) is 11.6 Å². The van der Waals surface area contributed by atoms with Crippen LogP contribution in [0, 0.1) is 11.8 Å². The largest absolute Gasteiger partial charge is 0.436 e. The zero-order valence-corrected chi connectivity index (χ0v) is 18.0. The third-order valence-corrected chi connectivity index (χ3v) is 6.41. The van der Waals surface area contributed by atoms with Gasteiger partial charge in [-0.25, -0.2) is 9.97 Å². The highest BCUT2D eigenvalue weighted by Crippen LogP contribution is 2.31. The van der Waals surface area contributed by atoms with Crippen LogP contribution in [0.4, 0.5) is 5.82 Å². The Kier molecular flexibility index (Phi) is 6.50. The molecule has 2 fully saturated rings. The van der Waals surface area contributed by atoms with Crippen molar-refractivity contribution < 1.29 is 9.53 Å². The van der Waals surface area contributed by atoms with Crippen molar-refractivity contribution in [2.75, 3.05) is 18.0 Å². The lowest BCUT2D eigenvalue weighted by Gasteiger charge is -2.31. The van der Waals surface area contributed by atoms with Gasteiger partial charge >= 0.3 is 0 Å². The van der Waals surface area contributed by atoms with E-state index in [1.807, 2.05) is 24.3 Å². The van der Waals surface area contributed by atoms with Gasteiger partial charge in [-0.2, -0.15) is 0 Å². The molecule has 0 bridgehead atoms. The van der Waals surface area contributed by atoms with Crippen LogP contribution in [0.1, 0.15) is 62.7 Å². The molecule has 6 heteroatoms. The SMILES string of the molecule is CC1CCC(NC(=O)c2ccc(Oc3nccnc3N3CCC(C)CC3)cc2)CC1. The maximum Gasteiger partial charge on any atom is 0.263 e. The highest BCUT2D eigenvalue weighted by Gasteiger charge is 2.22. The summed E-state index contributed by atoms with van der Waals surface area (Å²) in [6.45, 7) is 6.51. The first-order valence-corrected chi connectivity index (χ1v) is 11.2. The van der Waals surface area contributed by atoms with Crippen LogP contribution < -0.4 is 15.0 Å². The van der Waals surface area contributed by atoms with Crippen LogP contribution in [0.2, 0.25) is 0 Å². The van der Waals surface area contributed by atoms with E-state index in [1.54, 1.807) is 12.4 Å². The third-order valence-electron chi connectivity index (χ3n) is 6.41.